The summed E-state index contributed by atoms with van der Waals surface area (Å²) in [6.45, 7) is 0. The number of hydrogen-bond donors (Lipinski definition) is 1. The second kappa shape index (κ2) is 2.47. The zero-order valence-corrected chi connectivity index (χ0v) is 7.63. The van der Waals surface area contributed by atoms with Gasteiger partial charge in [-0.15, -0.1) is 11.8 Å². The fourth-order valence-corrected chi connectivity index (χ4v) is 2.36. The van der Waals surface area contributed by atoms with Crippen molar-refractivity contribution in [3.05, 3.63) is 22.7 Å². The van der Waals surface area contributed by atoms with Crippen LogP contribution in [0, 0.1) is 0 Å². The van der Waals surface area contributed by atoms with Crippen LogP contribution in [0.1, 0.15) is 0 Å². The predicted octanol–water partition coefficient (Wildman–Crippen LogP) is 2.92. The van der Waals surface area contributed by atoms with E-state index in [0.29, 0.717) is 0 Å². The van der Waals surface area contributed by atoms with Crippen molar-refractivity contribution in [1.29, 1.82) is 0 Å². The highest BCUT2D eigenvalue weighted by atomic mass is 79.9. The number of benzene rings is 1. The van der Waals surface area contributed by atoms with Crippen molar-refractivity contribution < 1.29 is 0 Å². The monoisotopic (exact) mass is 215 g/mol. The van der Waals surface area contributed by atoms with Gasteiger partial charge in [0.25, 0.3) is 0 Å². The van der Waals surface area contributed by atoms with Crippen molar-refractivity contribution in [2.24, 2.45) is 0 Å². The third-order valence-electron chi connectivity index (χ3n) is 1.43. The quantitative estimate of drug-likeness (QED) is 0.715. The van der Waals surface area contributed by atoms with Gasteiger partial charge in [0, 0.05) is 15.1 Å². The average Bonchev–Trinajstić information content (AvgIpc) is 2.33. The number of rotatable bonds is 0. The zero-order valence-electron chi connectivity index (χ0n) is 5.23. The second-order valence-electron chi connectivity index (χ2n) is 2.11. The molecule has 1 aromatic rings. The summed E-state index contributed by atoms with van der Waals surface area (Å²) >= 11 is 5.26. The first kappa shape index (κ1) is 6.55. The van der Waals surface area contributed by atoms with Crippen LogP contribution in [0.4, 0.5) is 5.69 Å². The van der Waals surface area contributed by atoms with Gasteiger partial charge < -0.3 is 5.32 Å². The van der Waals surface area contributed by atoms with E-state index in [1.165, 1.54) is 10.6 Å². The molecular formula is C7H6BrNS. The van der Waals surface area contributed by atoms with E-state index in [4.69, 9.17) is 0 Å². The van der Waals surface area contributed by atoms with Gasteiger partial charge in [-0.2, -0.15) is 0 Å². The molecule has 0 unspecified atom stereocenters. The molecule has 1 aliphatic heterocycles. The van der Waals surface area contributed by atoms with Crippen LogP contribution in [-0.2, 0) is 0 Å². The highest BCUT2D eigenvalue weighted by molar-refractivity contribution is 9.10. The first-order valence-corrected chi connectivity index (χ1v) is 4.80. The second-order valence-corrected chi connectivity index (χ2v) is 4.04. The number of fused-ring (bicyclic) bond motifs is 1. The third-order valence-corrected chi connectivity index (χ3v) is 2.86. The molecule has 52 valence electrons. The minimum atomic E-state index is 1.01. The highest BCUT2D eigenvalue weighted by Crippen LogP contribution is 2.35. The molecule has 0 spiro atoms. The first-order valence-electron chi connectivity index (χ1n) is 3.02. The van der Waals surface area contributed by atoms with Crippen molar-refractivity contribution in [2.75, 3.05) is 11.2 Å². The minimum absolute atomic E-state index is 1.01. The summed E-state index contributed by atoms with van der Waals surface area (Å²) < 4.78 is 1.16. The highest BCUT2D eigenvalue weighted by Gasteiger charge is 2.08. The first-order chi connectivity index (χ1) is 4.86. The Balaban J connectivity index is 2.52. The van der Waals surface area contributed by atoms with Crippen molar-refractivity contribution in [3.8, 4) is 0 Å². The van der Waals surface area contributed by atoms with Gasteiger partial charge in [-0.3, -0.25) is 0 Å². The maximum absolute atomic E-state index is 3.42. The average molecular weight is 216 g/mol. The zero-order chi connectivity index (χ0) is 6.97. The van der Waals surface area contributed by atoms with Gasteiger partial charge in [0.05, 0.1) is 5.88 Å². The van der Waals surface area contributed by atoms with Gasteiger partial charge in [-0.25, -0.2) is 0 Å². The smallest absolute Gasteiger partial charge is 0.0658 e. The normalized spacial score (nSPS) is 14.5. The van der Waals surface area contributed by atoms with Gasteiger partial charge in [-0.05, 0) is 18.2 Å². The summed E-state index contributed by atoms with van der Waals surface area (Å²) in [5, 5.41) is 3.27. The molecule has 0 atom stereocenters. The number of anilines is 1. The molecule has 0 saturated heterocycles. The molecule has 1 heterocycles. The maximum Gasteiger partial charge on any atom is 0.0658 e. The summed E-state index contributed by atoms with van der Waals surface area (Å²) in [4.78, 5) is 1.34. The SMILES string of the molecule is Brc1ccc2c(c1)SCN2. The van der Waals surface area contributed by atoms with Crippen LogP contribution in [0.3, 0.4) is 0 Å². The van der Waals surface area contributed by atoms with Crippen molar-refractivity contribution >= 4 is 33.4 Å². The van der Waals surface area contributed by atoms with E-state index in [0.717, 1.165) is 10.3 Å². The molecule has 2 rings (SSSR count). The molecule has 1 nitrogen and oxygen atoms in total. The van der Waals surface area contributed by atoms with Gasteiger partial charge >= 0.3 is 0 Å². The van der Waals surface area contributed by atoms with E-state index in [-0.39, 0.29) is 0 Å². The molecule has 0 saturated carbocycles. The summed E-state index contributed by atoms with van der Waals surface area (Å²) in [5.41, 5.74) is 1.26. The van der Waals surface area contributed by atoms with Crippen LogP contribution in [0.15, 0.2) is 27.6 Å². The lowest BCUT2D eigenvalue weighted by Crippen LogP contribution is -1.86. The molecular weight excluding hydrogens is 210 g/mol. The Hall–Kier alpha value is -0.150. The van der Waals surface area contributed by atoms with Crippen molar-refractivity contribution in [2.45, 2.75) is 4.90 Å². The van der Waals surface area contributed by atoms with Crippen LogP contribution >= 0.6 is 27.7 Å². The summed E-state index contributed by atoms with van der Waals surface area (Å²) in [6, 6.07) is 6.29. The Bertz CT molecular complexity index is 262. The Morgan fingerprint density at radius 3 is 3.30 bits per heavy atom. The van der Waals surface area contributed by atoms with Crippen LogP contribution in [0.2, 0.25) is 0 Å². The van der Waals surface area contributed by atoms with Crippen LogP contribution < -0.4 is 5.32 Å². The standard InChI is InChI=1S/C7H6BrNS/c8-5-1-2-6-7(3-5)10-4-9-6/h1-3,9H,4H2. The van der Waals surface area contributed by atoms with Crippen molar-refractivity contribution in [3.63, 3.8) is 0 Å². The molecule has 0 aromatic heterocycles. The molecule has 1 N–H and O–H groups in total. The summed E-state index contributed by atoms with van der Waals surface area (Å²) in [6.07, 6.45) is 0. The fourth-order valence-electron chi connectivity index (χ4n) is 0.953. The molecule has 3 heteroatoms. The van der Waals surface area contributed by atoms with Crippen LogP contribution in [-0.4, -0.2) is 5.88 Å². The Morgan fingerprint density at radius 2 is 2.40 bits per heavy atom. The van der Waals surface area contributed by atoms with E-state index in [1.807, 2.05) is 11.8 Å². The van der Waals surface area contributed by atoms with Crippen molar-refractivity contribution in [1.82, 2.24) is 0 Å². The molecule has 1 aliphatic rings. The van der Waals surface area contributed by atoms with Gasteiger partial charge in [0.1, 0.15) is 0 Å². The van der Waals surface area contributed by atoms with E-state index >= 15 is 0 Å². The number of halogens is 1. The lowest BCUT2D eigenvalue weighted by molar-refractivity contribution is 1.41. The maximum atomic E-state index is 3.42. The third kappa shape index (κ3) is 1.04. The minimum Gasteiger partial charge on any atom is -0.375 e. The topological polar surface area (TPSA) is 12.0 Å². The van der Waals surface area contributed by atoms with Gasteiger partial charge in [0.15, 0.2) is 0 Å². The molecule has 0 aliphatic carbocycles. The number of nitrogens with one attached hydrogen (secondary N) is 1. The molecule has 10 heavy (non-hydrogen) atoms. The van der Waals surface area contributed by atoms with Gasteiger partial charge in [0.2, 0.25) is 0 Å². The Labute approximate surface area is 72.3 Å². The van der Waals surface area contributed by atoms with Gasteiger partial charge in [-0.1, -0.05) is 15.9 Å². The molecule has 0 amide bonds. The Kier molecular flexibility index (Phi) is 1.62. The van der Waals surface area contributed by atoms with E-state index in [9.17, 15) is 0 Å². The molecule has 0 radical (unpaired) electrons. The van der Waals surface area contributed by atoms with Crippen LogP contribution in [0.25, 0.3) is 0 Å². The number of hydrogen-bond acceptors (Lipinski definition) is 2. The number of thioether (sulfide) groups is 1. The largest absolute Gasteiger partial charge is 0.375 e. The fraction of sp³-hybridized carbons (Fsp3) is 0.143. The summed E-state index contributed by atoms with van der Waals surface area (Å²) in [5.74, 6) is 1.01. The van der Waals surface area contributed by atoms with E-state index < -0.39 is 0 Å². The molecule has 0 bridgehead atoms. The van der Waals surface area contributed by atoms with E-state index in [1.54, 1.807) is 0 Å². The Morgan fingerprint density at radius 1 is 1.50 bits per heavy atom. The lowest BCUT2D eigenvalue weighted by atomic mass is 10.3. The lowest BCUT2D eigenvalue weighted by Gasteiger charge is -1.96. The van der Waals surface area contributed by atoms with E-state index in [2.05, 4.69) is 39.4 Å². The summed E-state index contributed by atoms with van der Waals surface area (Å²) in [7, 11) is 0. The van der Waals surface area contributed by atoms with Crippen LogP contribution in [0.5, 0.6) is 0 Å². The molecule has 0 fully saturated rings. The molecule has 1 aromatic carbocycles. The predicted molar refractivity (Wildman–Crippen MR) is 48.5 cm³/mol.